The van der Waals surface area contributed by atoms with Gasteiger partial charge in [0.05, 0.1) is 6.54 Å². The molecule has 0 atom stereocenters. The van der Waals surface area contributed by atoms with Gasteiger partial charge in [-0.05, 0) is 62.9 Å². The van der Waals surface area contributed by atoms with Gasteiger partial charge in [-0.25, -0.2) is 9.78 Å². The summed E-state index contributed by atoms with van der Waals surface area (Å²) in [6.45, 7) is 8.57. The second-order valence-corrected chi connectivity index (χ2v) is 10.1. The van der Waals surface area contributed by atoms with Crippen molar-refractivity contribution < 1.29 is 9.59 Å². The number of nitrogens with one attached hydrogen (secondary N) is 2. The number of benzene rings is 2. The maximum Gasteiger partial charge on any atom is 0.322 e. The van der Waals surface area contributed by atoms with Crippen molar-refractivity contribution in [3.05, 3.63) is 79.2 Å². The lowest BCUT2D eigenvalue weighted by Crippen LogP contribution is -2.39. The van der Waals surface area contributed by atoms with Crippen LogP contribution in [0, 0.1) is 13.8 Å². The number of thiazole rings is 1. The summed E-state index contributed by atoms with van der Waals surface area (Å²) in [5.41, 5.74) is 4.07. The fourth-order valence-corrected chi connectivity index (χ4v) is 4.71. The Morgan fingerprint density at radius 2 is 1.82 bits per heavy atom. The second-order valence-electron chi connectivity index (χ2n) is 8.29. The fourth-order valence-electron chi connectivity index (χ4n) is 3.44. The van der Waals surface area contributed by atoms with Crippen LogP contribution in [0.1, 0.15) is 46.0 Å². The maximum absolute atomic E-state index is 13.0. The Bertz CT molecular complexity index is 1160. The zero-order chi connectivity index (χ0) is 24.8. The molecule has 2 aromatic carbocycles. The third-order valence-electron chi connectivity index (χ3n) is 5.38. The van der Waals surface area contributed by atoms with Gasteiger partial charge >= 0.3 is 6.03 Å². The molecule has 34 heavy (non-hydrogen) atoms. The maximum atomic E-state index is 13.0. The van der Waals surface area contributed by atoms with Crippen molar-refractivity contribution in [1.82, 2.24) is 15.2 Å². The zero-order valence-corrected chi connectivity index (χ0v) is 21.9. The number of carbonyl (C=O) groups is 2. The molecule has 6 nitrogen and oxygen atoms in total. The van der Waals surface area contributed by atoms with Gasteiger partial charge in [-0.2, -0.15) is 0 Å². The second kappa shape index (κ2) is 11.7. The third-order valence-corrected chi connectivity index (χ3v) is 6.80. The summed E-state index contributed by atoms with van der Waals surface area (Å²) in [7, 11) is 0. The van der Waals surface area contributed by atoms with Crippen LogP contribution in [0.3, 0.4) is 0 Å². The minimum atomic E-state index is -0.260. The van der Waals surface area contributed by atoms with Gasteiger partial charge in [0.15, 0.2) is 0 Å². The first-order valence-electron chi connectivity index (χ1n) is 11.0. The van der Waals surface area contributed by atoms with Gasteiger partial charge < -0.3 is 15.5 Å². The highest BCUT2D eigenvalue weighted by atomic mass is 35.5. The molecule has 0 spiro atoms. The highest BCUT2D eigenvalue weighted by molar-refractivity contribution is 7.09. The van der Waals surface area contributed by atoms with E-state index in [1.807, 2.05) is 52.0 Å². The van der Waals surface area contributed by atoms with Crippen molar-refractivity contribution in [2.45, 2.75) is 46.7 Å². The number of nitrogens with zero attached hydrogens (tertiary/aromatic N) is 2. The van der Waals surface area contributed by atoms with E-state index in [-0.39, 0.29) is 18.0 Å². The number of rotatable bonds is 8. The molecule has 0 fully saturated rings. The highest BCUT2D eigenvalue weighted by Crippen LogP contribution is 2.22. The molecule has 180 valence electrons. The van der Waals surface area contributed by atoms with Gasteiger partial charge in [0.2, 0.25) is 0 Å². The molecule has 0 saturated heterocycles. The number of amides is 3. The Balaban J connectivity index is 1.59. The van der Waals surface area contributed by atoms with Crippen LogP contribution < -0.4 is 10.6 Å². The number of para-hydroxylation sites is 1. The van der Waals surface area contributed by atoms with E-state index in [9.17, 15) is 9.59 Å². The molecule has 1 heterocycles. The Kier molecular flexibility index (Phi) is 8.94. The van der Waals surface area contributed by atoms with Crippen LogP contribution in [0.5, 0.6) is 0 Å². The van der Waals surface area contributed by atoms with E-state index in [1.54, 1.807) is 22.4 Å². The van der Waals surface area contributed by atoms with Crippen LogP contribution in [-0.2, 0) is 13.0 Å². The Hall–Kier alpha value is -2.61. The van der Waals surface area contributed by atoms with E-state index in [2.05, 4.69) is 15.6 Å². The largest absolute Gasteiger partial charge is 0.350 e. The van der Waals surface area contributed by atoms with Crippen LogP contribution in [0.2, 0.25) is 10.0 Å². The van der Waals surface area contributed by atoms with Crippen molar-refractivity contribution in [3.8, 4) is 0 Å². The summed E-state index contributed by atoms with van der Waals surface area (Å²) in [4.78, 5) is 31.7. The van der Waals surface area contributed by atoms with Crippen LogP contribution in [0.4, 0.5) is 10.5 Å². The van der Waals surface area contributed by atoms with Crippen LogP contribution in [0.25, 0.3) is 0 Å². The molecule has 0 unspecified atom stereocenters. The number of hydrogen-bond acceptors (Lipinski definition) is 4. The third kappa shape index (κ3) is 6.72. The molecule has 1 aromatic heterocycles. The predicted octanol–water partition coefficient (Wildman–Crippen LogP) is 6.48. The predicted molar refractivity (Wildman–Crippen MR) is 140 cm³/mol. The number of aromatic nitrogens is 1. The summed E-state index contributed by atoms with van der Waals surface area (Å²) < 4.78 is 0. The quantitative estimate of drug-likeness (QED) is 0.358. The Morgan fingerprint density at radius 3 is 2.47 bits per heavy atom. The number of halogens is 2. The first-order valence-corrected chi connectivity index (χ1v) is 12.6. The molecule has 3 aromatic rings. The Labute approximate surface area is 214 Å². The molecule has 0 bridgehead atoms. The summed E-state index contributed by atoms with van der Waals surface area (Å²) in [5.74, 6) is -0.260. The van der Waals surface area contributed by atoms with Crippen molar-refractivity contribution in [2.24, 2.45) is 0 Å². The molecule has 0 aliphatic rings. The molecule has 2 N–H and O–H groups in total. The molecule has 0 radical (unpaired) electrons. The van der Waals surface area contributed by atoms with Crippen molar-refractivity contribution in [2.75, 3.05) is 11.9 Å². The standard InChI is InChI=1S/C25H28Cl2N4O2S/c1-15(2)31(25(33)30-23-16(3)6-5-7-17(23)4)13-22-29-21(14-34-22)24(32)28-11-10-18-8-9-19(26)12-20(18)27/h5-9,12,14-15H,10-11,13H2,1-4H3,(H,28,32)(H,30,33). The number of urea groups is 1. The molecule has 0 aliphatic heterocycles. The summed E-state index contributed by atoms with van der Waals surface area (Å²) in [6.07, 6.45) is 0.582. The van der Waals surface area contributed by atoms with Crippen LogP contribution in [-0.4, -0.2) is 34.4 Å². The smallest absolute Gasteiger partial charge is 0.322 e. The molecule has 0 aliphatic carbocycles. The van der Waals surface area contributed by atoms with Crippen molar-refractivity contribution >= 4 is 52.2 Å². The minimum absolute atomic E-state index is 0.0466. The van der Waals surface area contributed by atoms with E-state index < -0.39 is 0 Å². The van der Waals surface area contributed by atoms with Crippen molar-refractivity contribution in [3.63, 3.8) is 0 Å². The van der Waals surface area contributed by atoms with Gasteiger partial charge in [-0.15, -0.1) is 11.3 Å². The number of aryl methyl sites for hydroxylation is 2. The van der Waals surface area contributed by atoms with E-state index in [1.165, 1.54) is 11.3 Å². The Morgan fingerprint density at radius 1 is 1.12 bits per heavy atom. The zero-order valence-electron chi connectivity index (χ0n) is 19.6. The van der Waals surface area contributed by atoms with E-state index in [0.29, 0.717) is 40.3 Å². The number of hydrogen-bond donors (Lipinski definition) is 2. The van der Waals surface area contributed by atoms with Crippen LogP contribution in [0.15, 0.2) is 41.8 Å². The lowest BCUT2D eigenvalue weighted by Gasteiger charge is -2.27. The van der Waals surface area contributed by atoms with E-state index >= 15 is 0 Å². The molecule has 0 saturated carbocycles. The molecule has 3 rings (SSSR count). The summed E-state index contributed by atoms with van der Waals surface area (Å²) in [6, 6.07) is 11.0. The van der Waals surface area contributed by atoms with Crippen LogP contribution >= 0.6 is 34.5 Å². The normalized spacial score (nSPS) is 10.9. The lowest BCUT2D eigenvalue weighted by atomic mass is 10.1. The fraction of sp³-hybridized carbons (Fsp3) is 0.320. The first-order chi connectivity index (χ1) is 16.2. The van der Waals surface area contributed by atoms with Gasteiger partial charge in [-0.3, -0.25) is 4.79 Å². The molecule has 3 amide bonds. The average Bonchev–Trinajstić information content (AvgIpc) is 3.25. The number of carbonyl (C=O) groups excluding carboxylic acids is 2. The molecule has 9 heteroatoms. The van der Waals surface area contributed by atoms with Gasteiger partial charge in [0, 0.05) is 33.7 Å². The SMILES string of the molecule is Cc1cccc(C)c1NC(=O)N(Cc1nc(C(=O)NCCc2ccc(Cl)cc2Cl)cs1)C(C)C. The van der Waals surface area contributed by atoms with Gasteiger partial charge in [-0.1, -0.05) is 47.5 Å². The monoisotopic (exact) mass is 518 g/mol. The first kappa shape index (κ1) is 26.0. The van der Waals surface area contributed by atoms with E-state index in [4.69, 9.17) is 23.2 Å². The van der Waals surface area contributed by atoms with E-state index in [0.717, 1.165) is 22.4 Å². The van der Waals surface area contributed by atoms with Crippen molar-refractivity contribution in [1.29, 1.82) is 0 Å². The summed E-state index contributed by atoms with van der Waals surface area (Å²) >= 11 is 13.5. The lowest BCUT2D eigenvalue weighted by molar-refractivity contribution is 0.0949. The van der Waals surface area contributed by atoms with Gasteiger partial charge in [0.1, 0.15) is 10.7 Å². The summed E-state index contributed by atoms with van der Waals surface area (Å²) in [5, 5.41) is 9.44. The topological polar surface area (TPSA) is 74.3 Å². The highest BCUT2D eigenvalue weighted by Gasteiger charge is 2.21. The molecular weight excluding hydrogens is 491 g/mol. The minimum Gasteiger partial charge on any atom is -0.350 e. The average molecular weight is 519 g/mol. The van der Waals surface area contributed by atoms with Gasteiger partial charge in [0.25, 0.3) is 5.91 Å². The molecular formula is C25H28Cl2N4O2S. The number of anilines is 1.